The Kier molecular flexibility index (Phi) is 3.79. The highest BCUT2D eigenvalue weighted by atomic mass is 16.7. The van der Waals surface area contributed by atoms with Crippen molar-refractivity contribution < 1.29 is 14.4 Å². The molecular formula is C20H25BN2O3. The summed E-state index contributed by atoms with van der Waals surface area (Å²) in [6.07, 6.45) is 3.37. The number of fused-ring (bicyclic) bond motifs is 1. The molecule has 0 amide bonds. The van der Waals surface area contributed by atoms with Crippen LogP contribution >= 0.6 is 0 Å². The van der Waals surface area contributed by atoms with Gasteiger partial charge in [-0.15, -0.1) is 0 Å². The third-order valence-electron chi connectivity index (χ3n) is 6.32. The van der Waals surface area contributed by atoms with Crippen molar-refractivity contribution >= 4 is 23.5 Å². The number of nitriles is 1. The van der Waals surface area contributed by atoms with Gasteiger partial charge >= 0.3 is 7.12 Å². The minimum Gasteiger partial charge on any atom is -0.399 e. The monoisotopic (exact) mass is 352 g/mol. The van der Waals surface area contributed by atoms with Gasteiger partial charge in [0.15, 0.2) is 0 Å². The third-order valence-corrected chi connectivity index (χ3v) is 6.32. The summed E-state index contributed by atoms with van der Waals surface area (Å²) in [5.74, 6) is 0. The van der Waals surface area contributed by atoms with Crippen LogP contribution in [-0.2, 0) is 9.31 Å². The molecule has 0 unspecified atom stereocenters. The fourth-order valence-electron chi connectivity index (χ4n) is 3.79. The van der Waals surface area contributed by atoms with Crippen molar-refractivity contribution in [1.82, 2.24) is 4.57 Å². The molecule has 2 aromatic rings. The lowest BCUT2D eigenvalue weighted by atomic mass is 9.78. The average Bonchev–Trinajstić information content (AvgIpc) is 2.97. The van der Waals surface area contributed by atoms with E-state index in [4.69, 9.17) is 9.31 Å². The molecule has 1 aromatic carbocycles. The van der Waals surface area contributed by atoms with Crippen LogP contribution in [-0.4, -0.2) is 34.1 Å². The van der Waals surface area contributed by atoms with E-state index >= 15 is 0 Å². The van der Waals surface area contributed by atoms with Crippen molar-refractivity contribution in [3.8, 4) is 6.07 Å². The summed E-state index contributed by atoms with van der Waals surface area (Å²) in [4.78, 5) is 0. The SMILES string of the molecule is Cc1cc2c(cc1C#N)c(B1OC(C)(C)C(C)(C)O1)cn2[C@H]1C[C@H](O)C1. The molecule has 0 bridgehead atoms. The predicted octanol–water partition coefficient (Wildman–Crippen LogP) is 2.82. The summed E-state index contributed by atoms with van der Waals surface area (Å²) in [5, 5.41) is 20.2. The second-order valence-electron chi connectivity index (χ2n) is 8.66. The van der Waals surface area contributed by atoms with Gasteiger partial charge in [0.1, 0.15) is 0 Å². The highest BCUT2D eigenvalue weighted by molar-refractivity contribution is 6.65. The van der Waals surface area contributed by atoms with Gasteiger partial charge in [0.2, 0.25) is 0 Å². The van der Waals surface area contributed by atoms with Crippen LogP contribution in [0, 0.1) is 18.3 Å². The molecule has 2 heterocycles. The first kappa shape index (κ1) is 17.6. The van der Waals surface area contributed by atoms with Crippen molar-refractivity contribution in [2.24, 2.45) is 0 Å². The molecular weight excluding hydrogens is 327 g/mol. The van der Waals surface area contributed by atoms with E-state index in [1.807, 2.05) is 40.7 Å². The van der Waals surface area contributed by atoms with Gasteiger partial charge in [0.05, 0.1) is 28.9 Å². The Balaban J connectivity index is 1.86. The standard InChI is InChI=1S/C20H25BN2O3/c1-12-6-18-16(7-13(12)10-22)17(11-23(18)14-8-15(24)9-14)21-25-19(2,3)20(4,5)26-21/h6-7,11,14-15,24H,8-9H2,1-5H3/t14-,15-. The van der Waals surface area contributed by atoms with Crippen LogP contribution in [0.25, 0.3) is 10.9 Å². The average molecular weight is 352 g/mol. The van der Waals surface area contributed by atoms with Crippen LogP contribution in [0.3, 0.4) is 0 Å². The summed E-state index contributed by atoms with van der Waals surface area (Å²) >= 11 is 0. The summed E-state index contributed by atoms with van der Waals surface area (Å²) in [5.41, 5.74) is 2.82. The largest absolute Gasteiger partial charge is 0.497 e. The maximum Gasteiger partial charge on any atom is 0.497 e. The summed E-state index contributed by atoms with van der Waals surface area (Å²) < 4.78 is 14.7. The Morgan fingerprint density at radius 3 is 2.35 bits per heavy atom. The van der Waals surface area contributed by atoms with E-state index in [9.17, 15) is 10.4 Å². The maximum absolute atomic E-state index is 9.74. The van der Waals surface area contributed by atoms with Crippen molar-refractivity contribution in [3.63, 3.8) is 0 Å². The zero-order valence-electron chi connectivity index (χ0n) is 16.0. The molecule has 6 heteroatoms. The molecule has 1 aromatic heterocycles. The van der Waals surface area contributed by atoms with Crippen molar-refractivity contribution in [2.75, 3.05) is 0 Å². The zero-order valence-corrected chi connectivity index (χ0v) is 16.0. The Labute approximate surface area is 154 Å². The number of benzene rings is 1. The van der Waals surface area contributed by atoms with Crippen LogP contribution < -0.4 is 5.46 Å². The van der Waals surface area contributed by atoms with Crippen LogP contribution in [0.4, 0.5) is 0 Å². The van der Waals surface area contributed by atoms with Gasteiger partial charge in [0, 0.05) is 28.6 Å². The number of hydrogen-bond acceptors (Lipinski definition) is 4. The molecule has 1 N–H and O–H groups in total. The molecule has 0 atom stereocenters. The van der Waals surface area contributed by atoms with E-state index in [1.165, 1.54) is 0 Å². The number of aliphatic hydroxyl groups is 1. The van der Waals surface area contributed by atoms with E-state index in [-0.39, 0.29) is 12.1 Å². The minimum absolute atomic E-state index is 0.225. The van der Waals surface area contributed by atoms with E-state index in [2.05, 4.69) is 22.9 Å². The van der Waals surface area contributed by atoms with E-state index in [0.717, 1.165) is 34.8 Å². The molecule has 1 aliphatic carbocycles. The second-order valence-corrected chi connectivity index (χ2v) is 8.66. The number of aliphatic hydroxyl groups excluding tert-OH is 1. The van der Waals surface area contributed by atoms with Crippen molar-refractivity contribution in [1.29, 1.82) is 5.26 Å². The fourth-order valence-corrected chi connectivity index (χ4v) is 3.79. The molecule has 136 valence electrons. The van der Waals surface area contributed by atoms with Crippen LogP contribution in [0.1, 0.15) is 57.7 Å². The van der Waals surface area contributed by atoms with Crippen LogP contribution in [0.15, 0.2) is 18.3 Å². The summed E-state index contributed by atoms with van der Waals surface area (Å²) in [6, 6.07) is 6.56. The van der Waals surface area contributed by atoms with Crippen LogP contribution in [0.2, 0.25) is 0 Å². The van der Waals surface area contributed by atoms with E-state index < -0.39 is 18.3 Å². The first-order chi connectivity index (χ1) is 12.1. The minimum atomic E-state index is -0.469. The maximum atomic E-state index is 9.74. The van der Waals surface area contributed by atoms with Gasteiger partial charge < -0.3 is 19.0 Å². The van der Waals surface area contributed by atoms with Crippen LogP contribution in [0.5, 0.6) is 0 Å². The lowest BCUT2D eigenvalue weighted by Crippen LogP contribution is -2.41. The Hall–Kier alpha value is -1.81. The fraction of sp³-hybridized carbons (Fsp3) is 0.550. The molecule has 0 radical (unpaired) electrons. The summed E-state index contributed by atoms with van der Waals surface area (Å²) in [6.45, 7) is 10.1. The molecule has 1 saturated carbocycles. The summed E-state index contributed by atoms with van der Waals surface area (Å²) in [7, 11) is -0.469. The Morgan fingerprint density at radius 1 is 1.19 bits per heavy atom. The molecule has 5 nitrogen and oxygen atoms in total. The molecule has 4 rings (SSSR count). The lowest BCUT2D eigenvalue weighted by Gasteiger charge is -2.33. The number of aryl methyl sites for hydroxylation is 1. The molecule has 2 aliphatic rings. The quantitative estimate of drug-likeness (QED) is 0.844. The Bertz CT molecular complexity index is 903. The zero-order chi connectivity index (χ0) is 18.9. The Morgan fingerprint density at radius 2 is 1.81 bits per heavy atom. The van der Waals surface area contributed by atoms with Gasteiger partial charge in [-0.05, 0) is 65.2 Å². The smallest absolute Gasteiger partial charge is 0.399 e. The highest BCUT2D eigenvalue weighted by Gasteiger charge is 2.52. The van der Waals surface area contributed by atoms with Crippen molar-refractivity contribution in [3.05, 3.63) is 29.5 Å². The number of aromatic nitrogens is 1. The number of nitrogens with zero attached hydrogens (tertiary/aromatic N) is 2. The number of hydrogen-bond donors (Lipinski definition) is 1. The van der Waals surface area contributed by atoms with Gasteiger partial charge in [-0.2, -0.15) is 5.26 Å². The molecule has 0 spiro atoms. The molecule has 1 saturated heterocycles. The predicted molar refractivity (Wildman–Crippen MR) is 101 cm³/mol. The van der Waals surface area contributed by atoms with Gasteiger partial charge in [-0.3, -0.25) is 0 Å². The second kappa shape index (κ2) is 5.59. The third kappa shape index (κ3) is 2.50. The molecule has 2 fully saturated rings. The van der Waals surface area contributed by atoms with Gasteiger partial charge in [0.25, 0.3) is 0 Å². The highest BCUT2D eigenvalue weighted by Crippen LogP contribution is 2.39. The van der Waals surface area contributed by atoms with Gasteiger partial charge in [-0.1, -0.05) is 0 Å². The van der Waals surface area contributed by atoms with E-state index in [0.29, 0.717) is 5.56 Å². The number of rotatable bonds is 2. The normalized spacial score (nSPS) is 26.7. The molecule has 26 heavy (non-hydrogen) atoms. The van der Waals surface area contributed by atoms with Crippen molar-refractivity contribution in [2.45, 2.75) is 70.8 Å². The topological polar surface area (TPSA) is 67.4 Å². The first-order valence-corrected chi connectivity index (χ1v) is 9.22. The molecule has 1 aliphatic heterocycles. The van der Waals surface area contributed by atoms with E-state index in [1.54, 1.807) is 0 Å². The lowest BCUT2D eigenvalue weighted by molar-refractivity contribution is 0.00578. The first-order valence-electron chi connectivity index (χ1n) is 9.22. The van der Waals surface area contributed by atoms with Gasteiger partial charge in [-0.25, -0.2) is 0 Å².